The molecule has 0 bridgehead atoms. The molecular weight excluding hydrogens is 481 g/mol. The molecule has 2 aliphatic rings. The molecule has 10 heteroatoms. The second-order valence-corrected chi connectivity index (χ2v) is 9.85. The number of likely N-dealkylation sites (tertiary alicyclic amines) is 2. The molecule has 34 heavy (non-hydrogen) atoms. The molecule has 4 rings (SSSR count). The highest BCUT2D eigenvalue weighted by molar-refractivity contribution is 7.09. The maximum absolute atomic E-state index is 14.1. The number of hydrogen-bond donors (Lipinski definition) is 0. The van der Waals surface area contributed by atoms with Crippen LogP contribution in [0, 0.1) is 11.7 Å². The van der Waals surface area contributed by atoms with Crippen molar-refractivity contribution in [3.8, 4) is 0 Å². The first-order chi connectivity index (χ1) is 16.4. The van der Waals surface area contributed by atoms with Crippen molar-refractivity contribution in [3.05, 3.63) is 50.7 Å². The van der Waals surface area contributed by atoms with E-state index in [0.29, 0.717) is 64.2 Å². The van der Waals surface area contributed by atoms with E-state index in [2.05, 4.69) is 4.98 Å². The quantitative estimate of drug-likeness (QED) is 0.561. The van der Waals surface area contributed by atoms with Crippen molar-refractivity contribution in [2.45, 2.75) is 38.5 Å². The van der Waals surface area contributed by atoms with Crippen LogP contribution in [0.4, 0.5) is 4.39 Å². The third-order valence-electron chi connectivity index (χ3n) is 6.45. The lowest BCUT2D eigenvalue weighted by Gasteiger charge is -2.31. The Morgan fingerprint density at radius 1 is 1.09 bits per heavy atom. The Kier molecular flexibility index (Phi) is 7.83. The predicted molar refractivity (Wildman–Crippen MR) is 127 cm³/mol. The number of halogens is 2. The predicted octanol–water partition coefficient (Wildman–Crippen LogP) is 4.37. The molecule has 0 unspecified atom stereocenters. The van der Waals surface area contributed by atoms with Gasteiger partial charge in [0.1, 0.15) is 11.5 Å². The molecule has 0 atom stereocenters. The van der Waals surface area contributed by atoms with E-state index in [1.807, 2.05) is 0 Å². The average molecular weight is 508 g/mol. The number of benzene rings is 1. The first-order valence-corrected chi connectivity index (χ1v) is 12.8. The van der Waals surface area contributed by atoms with Crippen molar-refractivity contribution in [2.75, 3.05) is 32.8 Å². The zero-order valence-electron chi connectivity index (χ0n) is 19.0. The highest BCUT2D eigenvalue weighted by Crippen LogP contribution is 2.32. The van der Waals surface area contributed by atoms with E-state index < -0.39 is 11.7 Å². The summed E-state index contributed by atoms with van der Waals surface area (Å²) < 4.78 is 19.2. The fraction of sp³-hybridized carbons (Fsp3) is 0.500. The lowest BCUT2D eigenvalue weighted by molar-refractivity contribution is -0.149. The molecule has 2 aromatic rings. The summed E-state index contributed by atoms with van der Waals surface area (Å²) in [6.45, 7) is 4.11. The smallest absolute Gasteiger partial charge is 0.309 e. The van der Waals surface area contributed by atoms with Crippen molar-refractivity contribution < 1.29 is 23.5 Å². The van der Waals surface area contributed by atoms with E-state index in [-0.39, 0.29) is 34.3 Å². The van der Waals surface area contributed by atoms with E-state index in [0.717, 1.165) is 5.01 Å². The third kappa shape index (κ3) is 5.25. The van der Waals surface area contributed by atoms with Crippen molar-refractivity contribution in [2.24, 2.45) is 5.92 Å². The number of esters is 1. The van der Waals surface area contributed by atoms with Crippen LogP contribution >= 0.6 is 22.9 Å². The molecule has 1 aromatic carbocycles. The number of aromatic nitrogens is 1. The normalized spacial score (nSPS) is 17.6. The van der Waals surface area contributed by atoms with Crippen LogP contribution in [0.15, 0.2) is 23.6 Å². The van der Waals surface area contributed by atoms with Gasteiger partial charge in [0.25, 0.3) is 11.8 Å². The van der Waals surface area contributed by atoms with Crippen LogP contribution in [0.2, 0.25) is 5.02 Å². The molecule has 0 radical (unpaired) electrons. The first-order valence-electron chi connectivity index (χ1n) is 11.5. The van der Waals surface area contributed by atoms with Crippen LogP contribution in [-0.2, 0) is 9.53 Å². The van der Waals surface area contributed by atoms with Gasteiger partial charge in [-0.25, -0.2) is 9.37 Å². The highest BCUT2D eigenvalue weighted by Gasteiger charge is 2.31. The molecular formula is C24H27ClFN3O4S. The molecule has 1 aromatic heterocycles. The number of nitrogens with zero attached hydrogens (tertiary/aromatic N) is 3. The summed E-state index contributed by atoms with van der Waals surface area (Å²) in [5.41, 5.74) is 0.336. The Balaban J connectivity index is 1.32. The number of piperidine rings is 2. The molecule has 0 saturated carbocycles. The number of thiazole rings is 1. The minimum atomic E-state index is -0.617. The number of carbonyl (C=O) groups is 3. The summed E-state index contributed by atoms with van der Waals surface area (Å²) in [5.74, 6) is -1.33. The second-order valence-electron chi connectivity index (χ2n) is 8.55. The van der Waals surface area contributed by atoms with E-state index in [1.54, 1.807) is 22.1 Å². The zero-order valence-corrected chi connectivity index (χ0v) is 20.5. The summed E-state index contributed by atoms with van der Waals surface area (Å²) in [7, 11) is 0. The minimum Gasteiger partial charge on any atom is -0.466 e. The van der Waals surface area contributed by atoms with Crippen LogP contribution in [0.3, 0.4) is 0 Å². The maximum Gasteiger partial charge on any atom is 0.309 e. The maximum atomic E-state index is 14.1. The summed E-state index contributed by atoms with van der Waals surface area (Å²) in [6, 6.07) is 4.22. The third-order valence-corrected chi connectivity index (χ3v) is 7.77. The number of rotatable bonds is 5. The van der Waals surface area contributed by atoms with Crippen LogP contribution in [0.25, 0.3) is 0 Å². The van der Waals surface area contributed by atoms with Gasteiger partial charge in [-0.1, -0.05) is 17.7 Å². The van der Waals surface area contributed by atoms with Gasteiger partial charge in [-0.3, -0.25) is 14.4 Å². The average Bonchev–Trinajstić information content (AvgIpc) is 3.34. The van der Waals surface area contributed by atoms with Crippen molar-refractivity contribution in [1.29, 1.82) is 0 Å². The van der Waals surface area contributed by atoms with E-state index in [4.69, 9.17) is 16.3 Å². The summed E-state index contributed by atoms with van der Waals surface area (Å²) in [4.78, 5) is 45.6. The SMILES string of the molecule is CCOC(=O)C1CCN(C(=O)c2csc(C3CCN(C(=O)c4c(F)cccc4Cl)CC3)n2)CC1. The molecule has 3 heterocycles. The largest absolute Gasteiger partial charge is 0.466 e. The van der Waals surface area contributed by atoms with E-state index >= 15 is 0 Å². The van der Waals surface area contributed by atoms with Crippen LogP contribution in [0.5, 0.6) is 0 Å². The van der Waals surface area contributed by atoms with Crippen molar-refractivity contribution >= 4 is 40.7 Å². The second kappa shape index (κ2) is 10.8. The lowest BCUT2D eigenvalue weighted by Crippen LogP contribution is -2.40. The standard InChI is InChI=1S/C24H27ClFN3O4S/c1-2-33-24(32)16-8-12-28(13-9-16)22(30)19-14-34-21(27-19)15-6-10-29(11-7-15)23(31)20-17(25)4-3-5-18(20)26/h3-5,14-16H,2,6-13H2,1H3. The lowest BCUT2D eigenvalue weighted by atomic mass is 9.96. The van der Waals surface area contributed by atoms with Crippen LogP contribution in [0.1, 0.15) is 64.4 Å². The Labute approximate surface area is 206 Å². The fourth-order valence-electron chi connectivity index (χ4n) is 4.50. The topological polar surface area (TPSA) is 79.8 Å². The van der Waals surface area contributed by atoms with Gasteiger partial charge in [-0.2, -0.15) is 0 Å². The number of ether oxygens (including phenoxy) is 1. The molecule has 0 N–H and O–H groups in total. The van der Waals surface area contributed by atoms with Crippen molar-refractivity contribution in [3.63, 3.8) is 0 Å². The van der Waals surface area contributed by atoms with Gasteiger partial charge in [0.05, 0.1) is 28.1 Å². The Morgan fingerprint density at radius 2 is 1.74 bits per heavy atom. The van der Waals surface area contributed by atoms with Gasteiger partial charge in [0, 0.05) is 37.5 Å². The van der Waals surface area contributed by atoms with Crippen LogP contribution in [-0.4, -0.2) is 65.4 Å². The van der Waals surface area contributed by atoms with Gasteiger partial charge in [0.2, 0.25) is 0 Å². The first kappa shape index (κ1) is 24.6. The Hall–Kier alpha value is -2.52. The number of hydrogen-bond acceptors (Lipinski definition) is 6. The number of carbonyl (C=O) groups excluding carboxylic acids is 3. The van der Waals surface area contributed by atoms with Gasteiger partial charge in [0.15, 0.2) is 0 Å². The molecule has 2 saturated heterocycles. The molecule has 7 nitrogen and oxygen atoms in total. The van der Waals surface area contributed by atoms with E-state index in [1.165, 1.54) is 29.5 Å². The van der Waals surface area contributed by atoms with E-state index in [9.17, 15) is 18.8 Å². The van der Waals surface area contributed by atoms with Gasteiger partial charge in [-0.15, -0.1) is 11.3 Å². The van der Waals surface area contributed by atoms with Crippen LogP contribution < -0.4 is 0 Å². The fourth-order valence-corrected chi connectivity index (χ4v) is 5.71. The minimum absolute atomic E-state index is 0.0866. The highest BCUT2D eigenvalue weighted by atomic mass is 35.5. The molecule has 182 valence electrons. The molecule has 0 spiro atoms. The monoisotopic (exact) mass is 507 g/mol. The van der Waals surface area contributed by atoms with Gasteiger partial charge in [-0.05, 0) is 44.7 Å². The summed E-state index contributed by atoms with van der Waals surface area (Å²) in [5, 5.41) is 2.77. The Bertz CT molecular complexity index is 1040. The summed E-state index contributed by atoms with van der Waals surface area (Å²) >= 11 is 7.50. The van der Waals surface area contributed by atoms with Gasteiger partial charge < -0.3 is 14.5 Å². The molecule has 2 amide bonds. The molecule has 2 fully saturated rings. The zero-order chi connectivity index (χ0) is 24.2. The molecule has 0 aliphatic carbocycles. The van der Waals surface area contributed by atoms with Crippen molar-refractivity contribution in [1.82, 2.24) is 14.8 Å². The molecule has 2 aliphatic heterocycles. The Morgan fingerprint density at radius 3 is 2.38 bits per heavy atom. The summed E-state index contributed by atoms with van der Waals surface area (Å²) in [6.07, 6.45) is 2.56. The van der Waals surface area contributed by atoms with Gasteiger partial charge >= 0.3 is 5.97 Å². The number of amides is 2.